The number of hydrogen-bond acceptors (Lipinski definition) is 3. The van der Waals surface area contributed by atoms with Crippen molar-refractivity contribution in [3.8, 4) is 0 Å². The van der Waals surface area contributed by atoms with Crippen LogP contribution in [0, 0.1) is 11.8 Å². The molecule has 0 spiro atoms. The lowest BCUT2D eigenvalue weighted by Crippen LogP contribution is -2.51. The van der Waals surface area contributed by atoms with E-state index in [1.807, 2.05) is 6.92 Å². The highest BCUT2D eigenvalue weighted by atomic mass is 16.3. The number of nitrogens with two attached hydrogens (primary N) is 1. The Hall–Kier alpha value is -0.610. The van der Waals surface area contributed by atoms with Crippen LogP contribution in [-0.2, 0) is 4.79 Å². The van der Waals surface area contributed by atoms with Crippen LogP contribution >= 0.6 is 0 Å². The first-order valence-corrected chi connectivity index (χ1v) is 6.14. The minimum Gasteiger partial charge on any atom is -0.393 e. The minimum absolute atomic E-state index is 0.0347. The zero-order valence-corrected chi connectivity index (χ0v) is 10.5. The number of carbonyl (C=O) groups excluding carboxylic acids is 1. The third kappa shape index (κ3) is 3.46. The van der Waals surface area contributed by atoms with Gasteiger partial charge in [0.1, 0.15) is 0 Å². The molecule has 1 aliphatic rings. The second-order valence-corrected chi connectivity index (χ2v) is 5.35. The summed E-state index contributed by atoms with van der Waals surface area (Å²) in [4.78, 5) is 13.8. The van der Waals surface area contributed by atoms with Gasteiger partial charge in [0.15, 0.2) is 0 Å². The molecule has 2 unspecified atom stereocenters. The first-order valence-electron chi connectivity index (χ1n) is 6.14. The fraction of sp³-hybridized carbons (Fsp3) is 0.917. The summed E-state index contributed by atoms with van der Waals surface area (Å²) in [5.41, 5.74) is 5.88. The molecule has 1 rings (SSSR count). The summed E-state index contributed by atoms with van der Waals surface area (Å²) < 4.78 is 0. The third-order valence-corrected chi connectivity index (χ3v) is 3.21. The zero-order chi connectivity index (χ0) is 12.3. The number of amides is 1. The molecule has 94 valence electrons. The Bertz CT molecular complexity index is 243. The van der Waals surface area contributed by atoms with Crippen molar-refractivity contribution in [1.29, 1.82) is 0 Å². The van der Waals surface area contributed by atoms with E-state index < -0.39 is 0 Å². The highest BCUT2D eigenvalue weighted by molar-refractivity contribution is 5.81. The monoisotopic (exact) mass is 228 g/mol. The maximum atomic E-state index is 12.0. The van der Waals surface area contributed by atoms with Crippen molar-refractivity contribution < 1.29 is 9.90 Å². The van der Waals surface area contributed by atoms with Crippen LogP contribution in [0.15, 0.2) is 0 Å². The second-order valence-electron chi connectivity index (χ2n) is 5.35. The fourth-order valence-corrected chi connectivity index (χ4v) is 2.18. The van der Waals surface area contributed by atoms with E-state index >= 15 is 0 Å². The van der Waals surface area contributed by atoms with Gasteiger partial charge in [0, 0.05) is 13.1 Å². The average Bonchev–Trinajstić information content (AvgIpc) is 2.20. The van der Waals surface area contributed by atoms with Crippen LogP contribution in [0.1, 0.15) is 33.6 Å². The SMILES string of the molecule is CC(C)C[C@@H](N)C(=O)N1CCC(O)C(C)C1. The molecule has 3 N–H and O–H groups in total. The number of aliphatic hydroxyl groups excluding tert-OH is 1. The standard InChI is InChI=1S/C12H24N2O2/c1-8(2)6-10(13)12(16)14-5-4-11(15)9(3)7-14/h8-11,15H,4-7,13H2,1-3H3/t9?,10-,11?/m1/s1. The van der Waals surface area contributed by atoms with Gasteiger partial charge in [-0.1, -0.05) is 20.8 Å². The van der Waals surface area contributed by atoms with Gasteiger partial charge in [-0.05, 0) is 24.7 Å². The lowest BCUT2D eigenvalue weighted by atomic mass is 9.95. The first-order chi connectivity index (χ1) is 7.41. The molecule has 0 aromatic carbocycles. The molecule has 0 bridgehead atoms. The van der Waals surface area contributed by atoms with Crippen molar-refractivity contribution in [3.05, 3.63) is 0 Å². The molecule has 0 aromatic heterocycles. The van der Waals surface area contributed by atoms with Crippen molar-refractivity contribution in [2.45, 2.75) is 45.8 Å². The number of aliphatic hydroxyl groups is 1. The van der Waals surface area contributed by atoms with E-state index in [-0.39, 0.29) is 24.0 Å². The van der Waals surface area contributed by atoms with E-state index in [9.17, 15) is 9.90 Å². The van der Waals surface area contributed by atoms with Crippen molar-refractivity contribution in [2.75, 3.05) is 13.1 Å². The molecule has 0 radical (unpaired) electrons. The number of carbonyl (C=O) groups is 1. The van der Waals surface area contributed by atoms with Gasteiger partial charge in [-0.3, -0.25) is 4.79 Å². The lowest BCUT2D eigenvalue weighted by molar-refractivity contribution is -0.136. The predicted molar refractivity (Wildman–Crippen MR) is 63.8 cm³/mol. The first kappa shape index (κ1) is 13.5. The van der Waals surface area contributed by atoms with E-state index in [1.165, 1.54) is 0 Å². The van der Waals surface area contributed by atoms with Crippen molar-refractivity contribution in [3.63, 3.8) is 0 Å². The molecular weight excluding hydrogens is 204 g/mol. The van der Waals surface area contributed by atoms with Crippen LogP contribution in [-0.4, -0.2) is 41.1 Å². The van der Waals surface area contributed by atoms with Gasteiger partial charge in [0.2, 0.25) is 5.91 Å². The Kier molecular flexibility index (Phi) is 4.74. The average molecular weight is 228 g/mol. The minimum atomic E-state index is -0.387. The maximum absolute atomic E-state index is 12.0. The molecule has 1 fully saturated rings. The molecular formula is C12H24N2O2. The van der Waals surface area contributed by atoms with Crippen molar-refractivity contribution in [2.24, 2.45) is 17.6 Å². The summed E-state index contributed by atoms with van der Waals surface area (Å²) in [6.45, 7) is 7.37. The van der Waals surface area contributed by atoms with E-state index in [2.05, 4.69) is 13.8 Å². The van der Waals surface area contributed by atoms with Crippen LogP contribution in [0.5, 0.6) is 0 Å². The quantitative estimate of drug-likeness (QED) is 0.743. The van der Waals surface area contributed by atoms with Crippen LogP contribution in [0.2, 0.25) is 0 Å². The largest absolute Gasteiger partial charge is 0.393 e. The van der Waals surface area contributed by atoms with Gasteiger partial charge >= 0.3 is 0 Å². The van der Waals surface area contributed by atoms with Gasteiger partial charge in [0.25, 0.3) is 0 Å². The van der Waals surface area contributed by atoms with Gasteiger partial charge < -0.3 is 15.7 Å². The molecule has 16 heavy (non-hydrogen) atoms. The molecule has 0 aliphatic carbocycles. The van der Waals surface area contributed by atoms with Crippen molar-refractivity contribution in [1.82, 2.24) is 4.90 Å². The van der Waals surface area contributed by atoms with Crippen LogP contribution in [0.3, 0.4) is 0 Å². The van der Waals surface area contributed by atoms with Crippen LogP contribution < -0.4 is 5.73 Å². The molecule has 4 nitrogen and oxygen atoms in total. The molecule has 3 atom stereocenters. The molecule has 1 heterocycles. The van der Waals surface area contributed by atoms with Crippen LogP contribution in [0.4, 0.5) is 0 Å². The number of hydrogen-bond donors (Lipinski definition) is 2. The Morgan fingerprint density at radius 1 is 1.56 bits per heavy atom. The second kappa shape index (κ2) is 5.64. The Morgan fingerprint density at radius 2 is 2.19 bits per heavy atom. The molecule has 1 saturated heterocycles. The van der Waals surface area contributed by atoms with Gasteiger partial charge in [-0.25, -0.2) is 0 Å². The summed E-state index contributed by atoms with van der Waals surface area (Å²) >= 11 is 0. The molecule has 4 heteroatoms. The number of piperidine rings is 1. The lowest BCUT2D eigenvalue weighted by Gasteiger charge is -2.35. The predicted octanol–water partition coefficient (Wildman–Crippen LogP) is 0.589. The number of nitrogens with zero attached hydrogens (tertiary/aromatic N) is 1. The van der Waals surface area contributed by atoms with E-state index in [0.29, 0.717) is 25.4 Å². The topological polar surface area (TPSA) is 66.6 Å². The van der Waals surface area contributed by atoms with Crippen LogP contribution in [0.25, 0.3) is 0 Å². The van der Waals surface area contributed by atoms with E-state index in [0.717, 1.165) is 6.42 Å². The highest BCUT2D eigenvalue weighted by Crippen LogP contribution is 2.18. The smallest absolute Gasteiger partial charge is 0.239 e. The Morgan fingerprint density at radius 3 is 2.69 bits per heavy atom. The van der Waals surface area contributed by atoms with E-state index in [1.54, 1.807) is 4.90 Å². The summed E-state index contributed by atoms with van der Waals surface area (Å²) in [7, 11) is 0. The number of likely N-dealkylation sites (tertiary alicyclic amines) is 1. The van der Waals surface area contributed by atoms with Gasteiger partial charge in [-0.15, -0.1) is 0 Å². The van der Waals surface area contributed by atoms with Gasteiger partial charge in [0.05, 0.1) is 12.1 Å². The summed E-state index contributed by atoms with van der Waals surface area (Å²) in [6, 6.07) is -0.387. The molecule has 0 saturated carbocycles. The highest BCUT2D eigenvalue weighted by Gasteiger charge is 2.29. The van der Waals surface area contributed by atoms with E-state index in [4.69, 9.17) is 5.73 Å². The van der Waals surface area contributed by atoms with Gasteiger partial charge in [-0.2, -0.15) is 0 Å². The Balaban J connectivity index is 2.48. The summed E-state index contributed by atoms with van der Waals surface area (Å²) in [5.74, 6) is 0.628. The normalized spacial score (nSPS) is 28.2. The third-order valence-electron chi connectivity index (χ3n) is 3.21. The zero-order valence-electron chi connectivity index (χ0n) is 10.5. The maximum Gasteiger partial charge on any atom is 0.239 e. The molecule has 1 aliphatic heterocycles. The Labute approximate surface area is 97.8 Å². The van der Waals surface area contributed by atoms with Crippen molar-refractivity contribution >= 4 is 5.91 Å². The fourth-order valence-electron chi connectivity index (χ4n) is 2.18. The summed E-state index contributed by atoms with van der Waals surface area (Å²) in [5, 5.41) is 9.59. The molecule has 0 aromatic rings. The summed E-state index contributed by atoms with van der Waals surface area (Å²) in [6.07, 6.45) is 1.12. The molecule has 1 amide bonds. The number of rotatable bonds is 3.